The monoisotopic (exact) mass is 281 g/mol. The third-order valence-electron chi connectivity index (χ3n) is 3.63. The number of carbonyl (C=O) groups is 2. The standard InChI is InChI=1S/C14H16FNO4/c1-20-13(17)11-8-10(2-3-12(11)15)9-4-6-16(7-5-9)14(18)19/h2-3,8-9H,4-7H2,1H3,(H,18,19). The maximum Gasteiger partial charge on any atom is 0.407 e. The Morgan fingerprint density at radius 2 is 2.00 bits per heavy atom. The van der Waals surface area contributed by atoms with Gasteiger partial charge in [-0.05, 0) is 36.5 Å². The maximum absolute atomic E-state index is 13.6. The van der Waals surface area contributed by atoms with Gasteiger partial charge in [0.25, 0.3) is 0 Å². The number of likely N-dealkylation sites (tertiary alicyclic amines) is 1. The molecule has 0 atom stereocenters. The predicted molar refractivity (Wildman–Crippen MR) is 69.3 cm³/mol. The third-order valence-corrected chi connectivity index (χ3v) is 3.63. The summed E-state index contributed by atoms with van der Waals surface area (Å²) in [4.78, 5) is 23.7. The first kappa shape index (κ1) is 14.3. The number of carbonyl (C=O) groups excluding carboxylic acids is 1. The third kappa shape index (κ3) is 2.89. The number of hydrogen-bond donors (Lipinski definition) is 1. The number of rotatable bonds is 2. The zero-order valence-electron chi connectivity index (χ0n) is 11.1. The molecule has 5 nitrogen and oxygen atoms in total. The first-order valence-electron chi connectivity index (χ1n) is 6.38. The molecule has 0 saturated carbocycles. The van der Waals surface area contributed by atoms with Crippen LogP contribution in [0.15, 0.2) is 18.2 Å². The van der Waals surface area contributed by atoms with Crippen LogP contribution in [-0.4, -0.2) is 42.3 Å². The van der Waals surface area contributed by atoms with E-state index < -0.39 is 17.9 Å². The van der Waals surface area contributed by atoms with Crippen LogP contribution in [0.25, 0.3) is 0 Å². The number of nitrogens with zero attached hydrogens (tertiary/aromatic N) is 1. The van der Waals surface area contributed by atoms with E-state index >= 15 is 0 Å². The average Bonchev–Trinajstić information content (AvgIpc) is 2.47. The second-order valence-corrected chi connectivity index (χ2v) is 4.77. The molecule has 1 aliphatic rings. The van der Waals surface area contributed by atoms with Gasteiger partial charge in [0.05, 0.1) is 12.7 Å². The fourth-order valence-electron chi connectivity index (χ4n) is 2.47. The Labute approximate surface area is 116 Å². The Bertz CT molecular complexity index is 524. The van der Waals surface area contributed by atoms with Crippen LogP contribution in [0.1, 0.15) is 34.7 Å². The van der Waals surface area contributed by atoms with Crippen molar-refractivity contribution in [2.75, 3.05) is 20.2 Å². The van der Waals surface area contributed by atoms with Gasteiger partial charge in [-0.15, -0.1) is 0 Å². The van der Waals surface area contributed by atoms with E-state index in [2.05, 4.69) is 4.74 Å². The molecule has 20 heavy (non-hydrogen) atoms. The van der Waals surface area contributed by atoms with Crippen LogP contribution in [0.2, 0.25) is 0 Å². The van der Waals surface area contributed by atoms with Crippen molar-refractivity contribution in [1.29, 1.82) is 0 Å². The van der Waals surface area contributed by atoms with Crippen LogP contribution in [0, 0.1) is 5.82 Å². The van der Waals surface area contributed by atoms with E-state index in [0.29, 0.717) is 25.9 Å². The molecule has 0 bridgehead atoms. The van der Waals surface area contributed by atoms with Crippen molar-refractivity contribution in [2.45, 2.75) is 18.8 Å². The molecule has 1 fully saturated rings. The van der Waals surface area contributed by atoms with Gasteiger partial charge in [0, 0.05) is 13.1 Å². The summed E-state index contributed by atoms with van der Waals surface area (Å²) in [5.74, 6) is -1.18. The number of hydrogen-bond acceptors (Lipinski definition) is 3. The fourth-order valence-corrected chi connectivity index (χ4v) is 2.47. The number of ether oxygens (including phenoxy) is 1. The van der Waals surface area contributed by atoms with Crippen molar-refractivity contribution in [3.05, 3.63) is 35.1 Å². The fraction of sp³-hybridized carbons (Fsp3) is 0.429. The van der Waals surface area contributed by atoms with Crippen LogP contribution < -0.4 is 0 Å². The summed E-state index contributed by atoms with van der Waals surface area (Å²) in [6, 6.07) is 4.40. The molecule has 1 amide bonds. The highest BCUT2D eigenvalue weighted by Gasteiger charge is 2.24. The Morgan fingerprint density at radius 3 is 2.55 bits per heavy atom. The number of methoxy groups -OCH3 is 1. The molecule has 0 radical (unpaired) electrons. The van der Waals surface area contributed by atoms with Crippen molar-refractivity contribution < 1.29 is 23.8 Å². The molecule has 1 aromatic rings. The van der Waals surface area contributed by atoms with Gasteiger partial charge in [0.1, 0.15) is 5.82 Å². The van der Waals surface area contributed by atoms with Gasteiger partial charge >= 0.3 is 12.1 Å². The van der Waals surface area contributed by atoms with Gasteiger partial charge in [-0.3, -0.25) is 0 Å². The van der Waals surface area contributed by atoms with E-state index in [1.165, 1.54) is 24.1 Å². The molecule has 1 heterocycles. The summed E-state index contributed by atoms with van der Waals surface area (Å²) in [6.07, 6.45) is 0.412. The molecule has 0 aliphatic carbocycles. The Hall–Kier alpha value is -2.11. The Morgan fingerprint density at radius 1 is 1.35 bits per heavy atom. The number of piperidine rings is 1. The van der Waals surface area contributed by atoms with Crippen molar-refractivity contribution in [3.8, 4) is 0 Å². The number of carboxylic acid groups (broad SMARTS) is 1. The van der Waals surface area contributed by atoms with E-state index in [0.717, 1.165) is 5.56 Å². The summed E-state index contributed by atoms with van der Waals surface area (Å²) in [5, 5.41) is 8.90. The molecule has 1 saturated heterocycles. The summed E-state index contributed by atoms with van der Waals surface area (Å²) in [6.45, 7) is 0.899. The van der Waals surface area contributed by atoms with Gasteiger partial charge < -0.3 is 14.7 Å². The molecule has 1 aromatic carbocycles. The zero-order valence-corrected chi connectivity index (χ0v) is 11.1. The van der Waals surface area contributed by atoms with Gasteiger partial charge in [-0.1, -0.05) is 6.07 Å². The molecular formula is C14H16FNO4. The van der Waals surface area contributed by atoms with Gasteiger partial charge in [0.15, 0.2) is 0 Å². The second-order valence-electron chi connectivity index (χ2n) is 4.77. The molecule has 6 heteroatoms. The molecule has 108 valence electrons. The number of benzene rings is 1. The minimum atomic E-state index is -0.919. The molecule has 0 aromatic heterocycles. The second kappa shape index (κ2) is 5.90. The Kier molecular flexibility index (Phi) is 4.22. The minimum Gasteiger partial charge on any atom is -0.465 e. The van der Waals surface area contributed by atoms with E-state index in [1.54, 1.807) is 6.07 Å². The van der Waals surface area contributed by atoms with Crippen molar-refractivity contribution in [1.82, 2.24) is 4.90 Å². The molecular weight excluding hydrogens is 265 g/mol. The lowest BCUT2D eigenvalue weighted by atomic mass is 9.88. The quantitative estimate of drug-likeness (QED) is 0.846. The first-order valence-corrected chi connectivity index (χ1v) is 6.38. The highest BCUT2D eigenvalue weighted by molar-refractivity contribution is 5.89. The number of halogens is 1. The Balaban J connectivity index is 2.14. The normalized spacial score (nSPS) is 16.0. The van der Waals surface area contributed by atoms with Crippen molar-refractivity contribution >= 4 is 12.1 Å². The maximum atomic E-state index is 13.6. The van der Waals surface area contributed by atoms with Crippen LogP contribution >= 0.6 is 0 Å². The minimum absolute atomic E-state index is 0.0781. The molecule has 0 spiro atoms. The lowest BCUT2D eigenvalue weighted by Gasteiger charge is -2.30. The van der Waals surface area contributed by atoms with Gasteiger partial charge in [-0.25, -0.2) is 14.0 Å². The van der Waals surface area contributed by atoms with E-state index in [-0.39, 0.29) is 11.5 Å². The molecule has 1 aliphatic heterocycles. The van der Waals surface area contributed by atoms with E-state index in [9.17, 15) is 14.0 Å². The van der Waals surface area contributed by atoms with E-state index in [4.69, 9.17) is 5.11 Å². The largest absolute Gasteiger partial charge is 0.465 e. The predicted octanol–water partition coefficient (Wildman–Crippen LogP) is 2.47. The smallest absolute Gasteiger partial charge is 0.407 e. The lowest BCUT2D eigenvalue weighted by molar-refractivity contribution is 0.0595. The number of esters is 1. The van der Waals surface area contributed by atoms with Crippen molar-refractivity contribution in [2.24, 2.45) is 0 Å². The van der Waals surface area contributed by atoms with Crippen LogP contribution in [0.4, 0.5) is 9.18 Å². The average molecular weight is 281 g/mol. The summed E-state index contributed by atoms with van der Waals surface area (Å²) in [7, 11) is 1.21. The molecule has 0 unspecified atom stereocenters. The highest BCUT2D eigenvalue weighted by atomic mass is 19.1. The SMILES string of the molecule is COC(=O)c1cc(C2CCN(C(=O)O)CC2)ccc1F. The van der Waals surface area contributed by atoms with Crippen molar-refractivity contribution in [3.63, 3.8) is 0 Å². The zero-order chi connectivity index (χ0) is 14.7. The lowest BCUT2D eigenvalue weighted by Crippen LogP contribution is -2.36. The summed E-state index contributed by atoms with van der Waals surface area (Å²) >= 11 is 0. The number of amides is 1. The van der Waals surface area contributed by atoms with Gasteiger partial charge in [0.2, 0.25) is 0 Å². The van der Waals surface area contributed by atoms with Crippen LogP contribution in [0.5, 0.6) is 0 Å². The summed E-state index contributed by atoms with van der Waals surface area (Å²) in [5.41, 5.74) is 0.766. The molecule has 1 N–H and O–H groups in total. The van der Waals surface area contributed by atoms with Crippen LogP contribution in [-0.2, 0) is 4.74 Å². The first-order chi connectivity index (χ1) is 9.52. The summed E-state index contributed by atoms with van der Waals surface area (Å²) < 4.78 is 18.1. The van der Waals surface area contributed by atoms with E-state index in [1.807, 2.05) is 0 Å². The van der Waals surface area contributed by atoms with Crippen LogP contribution in [0.3, 0.4) is 0 Å². The topological polar surface area (TPSA) is 66.8 Å². The van der Waals surface area contributed by atoms with Gasteiger partial charge in [-0.2, -0.15) is 0 Å². The highest BCUT2D eigenvalue weighted by Crippen LogP contribution is 2.29. The molecule has 2 rings (SSSR count).